The lowest BCUT2D eigenvalue weighted by Gasteiger charge is -2.57. The minimum Gasteiger partial charge on any atom is -0.743 e. The van der Waals surface area contributed by atoms with E-state index in [-0.39, 0.29) is 25.2 Å². The Bertz CT molecular complexity index is 794. The number of halogens is 5. The number of alkyl halides is 5. The van der Waals surface area contributed by atoms with Gasteiger partial charge in [-0.1, -0.05) is 0 Å². The Morgan fingerprint density at radius 1 is 1.22 bits per heavy atom. The van der Waals surface area contributed by atoms with Crippen LogP contribution in [0.4, 0.5) is 22.0 Å². The van der Waals surface area contributed by atoms with Crippen molar-refractivity contribution >= 4 is 21.9 Å². The Kier molecular flexibility index (Phi) is 4.23. The number of aliphatic hydroxyl groups is 1. The van der Waals surface area contributed by atoms with Gasteiger partial charge in [-0.15, -0.1) is 0 Å². The van der Waals surface area contributed by atoms with E-state index >= 15 is 0 Å². The second-order valence-corrected chi connectivity index (χ2v) is 9.06. The van der Waals surface area contributed by atoms with Gasteiger partial charge < -0.3 is 14.4 Å². The van der Waals surface area contributed by atoms with Crippen LogP contribution >= 0.6 is 0 Å². The molecule has 4 fully saturated rings. The lowest BCUT2D eigenvalue weighted by molar-refractivity contribution is -0.267. The first kappa shape index (κ1) is 20.4. The fraction of sp³-hybridized carbons (Fsp3) is 0.857. The highest BCUT2D eigenvalue weighted by molar-refractivity contribution is 7.86. The predicted molar refractivity (Wildman–Crippen MR) is 73.0 cm³/mol. The summed E-state index contributed by atoms with van der Waals surface area (Å²) in [5, 5.41) is 4.46. The summed E-state index contributed by atoms with van der Waals surface area (Å²) in [7, 11) is -6.79. The van der Waals surface area contributed by atoms with E-state index in [1.54, 1.807) is 0 Å². The van der Waals surface area contributed by atoms with Crippen LogP contribution in [0.15, 0.2) is 0 Å². The average molecular weight is 421 g/mol. The molecular weight excluding hydrogens is 407 g/mol. The van der Waals surface area contributed by atoms with E-state index in [1.807, 2.05) is 0 Å². The van der Waals surface area contributed by atoms with Gasteiger partial charge in [-0.2, -0.15) is 22.0 Å². The summed E-state index contributed by atoms with van der Waals surface area (Å²) in [5.41, 5.74) is -3.77. The molecule has 0 aromatic heterocycles. The minimum atomic E-state index is -6.79. The smallest absolute Gasteiger partial charge is 0.432 e. The largest absolute Gasteiger partial charge is 0.743 e. The molecule has 0 aliphatic heterocycles. The molecule has 7 nitrogen and oxygen atoms in total. The first-order chi connectivity index (χ1) is 12.0. The van der Waals surface area contributed by atoms with Gasteiger partial charge in [0, 0.05) is 5.92 Å². The number of Topliss-reactive ketones (excluding diaryl/α,β-unsaturated/α-hetero) is 1. The molecule has 13 heteroatoms. The normalized spacial score (nSPS) is 37.4. The van der Waals surface area contributed by atoms with Crippen molar-refractivity contribution in [2.24, 2.45) is 17.3 Å². The Morgan fingerprint density at radius 2 is 1.81 bits per heavy atom. The highest BCUT2D eigenvalue weighted by Gasteiger charge is 2.68. The summed E-state index contributed by atoms with van der Waals surface area (Å²) in [6.07, 6.45) is -11.2. The SMILES string of the molecule is O=C1C2CC3CC1(O)CC(C(=O)OC(C(F)(F)F)C(F)(F)S(=O)(=O)[O-])(C3)C2. The van der Waals surface area contributed by atoms with Gasteiger partial charge in [0.2, 0.25) is 0 Å². The van der Waals surface area contributed by atoms with E-state index < -0.39 is 62.8 Å². The molecule has 4 aliphatic carbocycles. The number of carbonyl (C=O) groups excluding carboxylic acids is 2. The number of hydrogen-bond acceptors (Lipinski definition) is 7. The molecule has 0 spiro atoms. The zero-order valence-corrected chi connectivity index (χ0v) is 14.3. The molecule has 4 aliphatic rings. The van der Waals surface area contributed by atoms with Gasteiger partial charge in [0.05, 0.1) is 5.41 Å². The maximum Gasteiger partial charge on any atom is 0.432 e. The average Bonchev–Trinajstić information content (AvgIpc) is 2.46. The molecule has 0 aromatic carbocycles. The van der Waals surface area contributed by atoms with Crippen LogP contribution in [0.2, 0.25) is 0 Å². The van der Waals surface area contributed by atoms with Crippen molar-refractivity contribution in [1.82, 2.24) is 0 Å². The zero-order valence-electron chi connectivity index (χ0n) is 13.5. The van der Waals surface area contributed by atoms with Crippen molar-refractivity contribution < 1.29 is 54.4 Å². The van der Waals surface area contributed by atoms with Crippen molar-refractivity contribution in [2.45, 2.75) is 55.2 Å². The monoisotopic (exact) mass is 421 g/mol. The Hall–Kier alpha value is -1.34. The topological polar surface area (TPSA) is 121 Å². The first-order valence-corrected chi connectivity index (χ1v) is 9.30. The molecule has 0 heterocycles. The molecule has 4 saturated carbocycles. The molecular formula is C14H14F5O7S-. The van der Waals surface area contributed by atoms with Gasteiger partial charge in [0.1, 0.15) is 5.60 Å². The van der Waals surface area contributed by atoms with E-state index in [9.17, 15) is 49.6 Å². The maximum absolute atomic E-state index is 13.6. The van der Waals surface area contributed by atoms with E-state index in [2.05, 4.69) is 4.74 Å². The molecule has 1 N–H and O–H groups in total. The van der Waals surface area contributed by atoms with Crippen LogP contribution in [0.1, 0.15) is 32.1 Å². The van der Waals surface area contributed by atoms with Crippen molar-refractivity contribution in [3.05, 3.63) is 0 Å². The van der Waals surface area contributed by atoms with Crippen LogP contribution in [-0.2, 0) is 24.4 Å². The minimum absolute atomic E-state index is 0.00512. The predicted octanol–water partition coefficient (Wildman–Crippen LogP) is 1.11. The van der Waals surface area contributed by atoms with Crippen molar-refractivity contribution in [2.75, 3.05) is 0 Å². The Labute approximate surface area is 149 Å². The quantitative estimate of drug-likeness (QED) is 0.410. The van der Waals surface area contributed by atoms with Crippen LogP contribution in [-0.4, -0.2) is 53.0 Å². The van der Waals surface area contributed by atoms with Gasteiger partial charge in [0.25, 0.3) is 6.10 Å². The fourth-order valence-electron chi connectivity index (χ4n) is 4.78. The van der Waals surface area contributed by atoms with Crippen LogP contribution in [0, 0.1) is 17.3 Å². The van der Waals surface area contributed by atoms with E-state index in [0.717, 1.165) is 0 Å². The first-order valence-electron chi connectivity index (χ1n) is 7.90. The number of ketones is 1. The fourth-order valence-corrected chi connectivity index (χ4v) is 5.23. The molecule has 5 unspecified atom stereocenters. The third-order valence-electron chi connectivity index (χ3n) is 5.61. The molecule has 0 amide bonds. The number of esters is 1. The summed E-state index contributed by atoms with van der Waals surface area (Å²) >= 11 is 0. The summed E-state index contributed by atoms with van der Waals surface area (Å²) < 4.78 is 102. The van der Waals surface area contributed by atoms with E-state index in [4.69, 9.17) is 0 Å². The molecule has 0 radical (unpaired) electrons. The Balaban J connectivity index is 1.93. The number of ether oxygens (including phenoxy) is 1. The van der Waals surface area contributed by atoms with Gasteiger partial charge in [-0.05, 0) is 38.0 Å². The molecule has 154 valence electrons. The molecule has 0 saturated heterocycles. The van der Waals surface area contributed by atoms with Crippen LogP contribution in [0.5, 0.6) is 0 Å². The van der Waals surface area contributed by atoms with Crippen molar-refractivity contribution in [1.29, 1.82) is 0 Å². The molecule has 0 aromatic rings. The van der Waals surface area contributed by atoms with Crippen LogP contribution in [0.3, 0.4) is 0 Å². The van der Waals surface area contributed by atoms with Gasteiger partial charge in [0.15, 0.2) is 15.9 Å². The second kappa shape index (κ2) is 5.60. The van der Waals surface area contributed by atoms with E-state index in [1.165, 1.54) is 0 Å². The lowest BCUT2D eigenvalue weighted by Crippen LogP contribution is -2.64. The van der Waals surface area contributed by atoms with Crippen molar-refractivity contribution in [3.63, 3.8) is 0 Å². The second-order valence-electron chi connectivity index (χ2n) is 7.61. The van der Waals surface area contributed by atoms with Crippen molar-refractivity contribution in [3.8, 4) is 0 Å². The third kappa shape index (κ3) is 3.03. The van der Waals surface area contributed by atoms with Gasteiger partial charge in [-0.25, -0.2) is 8.42 Å². The van der Waals surface area contributed by atoms with Gasteiger partial charge in [-0.3, -0.25) is 9.59 Å². The highest BCUT2D eigenvalue weighted by Crippen LogP contribution is 2.61. The van der Waals surface area contributed by atoms with Crippen LogP contribution in [0.25, 0.3) is 0 Å². The molecule has 27 heavy (non-hydrogen) atoms. The molecule has 4 rings (SSSR count). The lowest BCUT2D eigenvalue weighted by atomic mass is 9.47. The number of rotatable bonds is 4. The Morgan fingerprint density at radius 3 is 2.30 bits per heavy atom. The molecule has 5 atom stereocenters. The number of carbonyl (C=O) groups is 2. The summed E-state index contributed by atoms with van der Waals surface area (Å²) in [6.45, 7) is 0. The van der Waals surface area contributed by atoms with Gasteiger partial charge >= 0.3 is 17.4 Å². The maximum atomic E-state index is 13.6. The summed E-state index contributed by atoms with van der Waals surface area (Å²) in [4.78, 5) is 24.5. The standard InChI is InChI=1S/C14H15F5O7S/c15-13(16,17)9(14(18,19)27(23,24)25)26-10(21)11-2-6-1-7(4-11)8(20)12(22,3-6)5-11/h6-7,9,22H,1-5H2,(H,23,24,25)/p-1. The number of hydrogen-bond donors (Lipinski definition) is 1. The van der Waals surface area contributed by atoms with E-state index in [0.29, 0.717) is 6.42 Å². The summed E-state index contributed by atoms with van der Waals surface area (Å²) in [5.74, 6) is -3.56. The zero-order chi connectivity index (χ0) is 20.6. The van der Waals surface area contributed by atoms with Crippen LogP contribution < -0.4 is 0 Å². The molecule has 4 bridgehead atoms. The summed E-state index contributed by atoms with van der Waals surface area (Å²) in [6, 6.07) is 0. The third-order valence-corrected chi connectivity index (χ3v) is 6.50. The highest BCUT2D eigenvalue weighted by atomic mass is 32.2.